The second-order valence-corrected chi connectivity index (χ2v) is 7.03. The van der Waals surface area contributed by atoms with Crippen molar-refractivity contribution >= 4 is 22.5 Å². The van der Waals surface area contributed by atoms with Crippen LogP contribution in [0.4, 0.5) is 0 Å². The number of Topliss-reactive ketones (excluding diaryl/α,β-unsaturated/α-hetero) is 1. The highest BCUT2D eigenvalue weighted by Gasteiger charge is 2.39. The van der Waals surface area contributed by atoms with Gasteiger partial charge in [-0.2, -0.15) is 0 Å². The summed E-state index contributed by atoms with van der Waals surface area (Å²) in [5.41, 5.74) is 0.373. The third kappa shape index (κ3) is 3.90. The second kappa shape index (κ2) is 7.36. The van der Waals surface area contributed by atoms with Crippen LogP contribution in [0.5, 0.6) is 0 Å². The van der Waals surface area contributed by atoms with Gasteiger partial charge < -0.3 is 10.1 Å². The molecule has 1 fully saturated rings. The Morgan fingerprint density at radius 2 is 1.80 bits per heavy atom. The molecule has 25 heavy (non-hydrogen) atoms. The Labute approximate surface area is 148 Å². The lowest BCUT2D eigenvalue weighted by Gasteiger charge is -2.36. The maximum absolute atomic E-state index is 12.7. The summed E-state index contributed by atoms with van der Waals surface area (Å²) in [7, 11) is 0. The fourth-order valence-corrected chi connectivity index (χ4v) is 3.46. The number of fused-ring (bicyclic) bond motifs is 1. The van der Waals surface area contributed by atoms with Gasteiger partial charge in [0.05, 0.1) is 0 Å². The zero-order valence-corrected chi connectivity index (χ0v) is 14.9. The third-order valence-electron chi connectivity index (χ3n) is 5.19. The minimum absolute atomic E-state index is 0.0158. The molecule has 0 saturated carbocycles. The molecule has 4 heteroatoms. The first-order chi connectivity index (χ1) is 12.0. The van der Waals surface area contributed by atoms with Crippen LogP contribution in [-0.4, -0.2) is 30.4 Å². The third-order valence-corrected chi connectivity index (χ3v) is 5.19. The van der Waals surface area contributed by atoms with Gasteiger partial charge in [-0.15, -0.1) is 0 Å². The highest BCUT2D eigenvalue weighted by Crippen LogP contribution is 2.23. The molecule has 132 valence electrons. The maximum Gasteiger partial charge on any atom is 0.223 e. The molecule has 1 heterocycles. The normalized spacial score (nSPS) is 17.8. The Morgan fingerprint density at radius 1 is 1.12 bits per heavy atom. The molecule has 3 rings (SSSR count). The van der Waals surface area contributed by atoms with Crippen LogP contribution in [0.3, 0.4) is 0 Å². The number of ether oxygens (including phenoxy) is 1. The van der Waals surface area contributed by atoms with E-state index in [1.54, 1.807) is 6.92 Å². The predicted molar refractivity (Wildman–Crippen MR) is 98.4 cm³/mol. The van der Waals surface area contributed by atoms with Crippen molar-refractivity contribution in [1.29, 1.82) is 0 Å². The lowest BCUT2D eigenvalue weighted by molar-refractivity contribution is -0.136. The molecule has 4 nitrogen and oxygen atoms in total. The second-order valence-electron chi connectivity index (χ2n) is 7.03. The van der Waals surface area contributed by atoms with Gasteiger partial charge in [0.1, 0.15) is 5.54 Å². The van der Waals surface area contributed by atoms with Gasteiger partial charge in [0.2, 0.25) is 5.91 Å². The van der Waals surface area contributed by atoms with E-state index < -0.39 is 5.54 Å². The summed E-state index contributed by atoms with van der Waals surface area (Å²) in [6.07, 6.45) is 1.76. The number of hydrogen-bond donors (Lipinski definition) is 1. The number of rotatable bonds is 5. The molecule has 1 N–H and O–H groups in total. The Bertz CT molecular complexity index is 778. The lowest BCUT2D eigenvalue weighted by atomic mass is 9.85. The van der Waals surface area contributed by atoms with E-state index in [4.69, 9.17) is 4.74 Å². The van der Waals surface area contributed by atoms with E-state index in [9.17, 15) is 9.59 Å². The van der Waals surface area contributed by atoms with Gasteiger partial charge in [0, 0.05) is 32.0 Å². The molecule has 1 aliphatic rings. The number of carbonyl (C=O) groups is 2. The Hall–Kier alpha value is -2.20. The van der Waals surface area contributed by atoms with Crippen molar-refractivity contribution in [2.45, 2.75) is 38.6 Å². The van der Waals surface area contributed by atoms with Gasteiger partial charge in [-0.25, -0.2) is 0 Å². The molecule has 1 atom stereocenters. The molecule has 0 radical (unpaired) electrons. The number of carbonyl (C=O) groups excluding carboxylic acids is 2. The Balaban J connectivity index is 1.69. The molecule has 0 spiro atoms. The van der Waals surface area contributed by atoms with Crippen LogP contribution in [0.2, 0.25) is 0 Å². The monoisotopic (exact) mass is 339 g/mol. The number of benzene rings is 2. The fourth-order valence-electron chi connectivity index (χ4n) is 3.46. The van der Waals surface area contributed by atoms with Crippen LogP contribution in [0.15, 0.2) is 42.5 Å². The summed E-state index contributed by atoms with van der Waals surface area (Å²) in [5.74, 6) is -0.243. The first-order valence-corrected chi connectivity index (χ1v) is 8.89. The van der Waals surface area contributed by atoms with E-state index in [1.807, 2.05) is 19.1 Å². The number of ketones is 1. The number of amides is 1. The molecule has 2 aromatic carbocycles. The lowest BCUT2D eigenvalue weighted by Crippen LogP contribution is -2.57. The Kier molecular flexibility index (Phi) is 5.19. The molecule has 0 aliphatic carbocycles. The SMILES string of the molecule is CC(=O)C1(NC(=O)[C@@H](C)Cc2ccc3ccccc3c2)CCOCC1. The topological polar surface area (TPSA) is 55.4 Å². The van der Waals surface area contributed by atoms with Crippen molar-refractivity contribution in [3.05, 3.63) is 48.0 Å². The van der Waals surface area contributed by atoms with Crippen molar-refractivity contribution in [2.75, 3.05) is 13.2 Å². The molecule has 1 saturated heterocycles. The average molecular weight is 339 g/mol. The summed E-state index contributed by atoms with van der Waals surface area (Å²) in [6, 6.07) is 14.5. The molecule has 1 aliphatic heterocycles. The van der Waals surface area contributed by atoms with Gasteiger partial charge in [0.15, 0.2) is 5.78 Å². The van der Waals surface area contributed by atoms with Crippen LogP contribution < -0.4 is 5.32 Å². The number of hydrogen-bond acceptors (Lipinski definition) is 3. The molecule has 0 unspecified atom stereocenters. The van der Waals surface area contributed by atoms with Crippen molar-refractivity contribution in [1.82, 2.24) is 5.32 Å². The van der Waals surface area contributed by atoms with Gasteiger partial charge >= 0.3 is 0 Å². The minimum Gasteiger partial charge on any atom is -0.381 e. The van der Waals surface area contributed by atoms with Gasteiger partial charge in [0.25, 0.3) is 0 Å². The molecular formula is C21H25NO3. The largest absolute Gasteiger partial charge is 0.381 e. The first kappa shape index (κ1) is 17.6. The average Bonchev–Trinajstić information content (AvgIpc) is 2.62. The van der Waals surface area contributed by atoms with Crippen molar-refractivity contribution < 1.29 is 14.3 Å². The fraction of sp³-hybridized carbons (Fsp3) is 0.429. The first-order valence-electron chi connectivity index (χ1n) is 8.89. The van der Waals surface area contributed by atoms with Crippen LogP contribution in [0.25, 0.3) is 10.8 Å². The van der Waals surface area contributed by atoms with Crippen molar-refractivity contribution in [3.63, 3.8) is 0 Å². The van der Waals surface area contributed by atoms with E-state index in [1.165, 1.54) is 10.8 Å². The van der Waals surface area contributed by atoms with E-state index in [2.05, 4.69) is 35.6 Å². The highest BCUT2D eigenvalue weighted by atomic mass is 16.5. The standard InChI is InChI=1S/C21H25NO3/c1-15(13-17-7-8-18-5-3-4-6-19(18)14-17)20(24)22-21(16(2)23)9-11-25-12-10-21/h3-8,14-15H,9-13H2,1-2H3,(H,22,24)/t15-/m0/s1. The summed E-state index contributed by atoms with van der Waals surface area (Å²) in [6.45, 7) is 4.50. The quantitative estimate of drug-likeness (QED) is 0.909. The molecule has 0 bridgehead atoms. The summed E-state index contributed by atoms with van der Waals surface area (Å²) in [4.78, 5) is 24.8. The minimum atomic E-state index is -0.757. The van der Waals surface area contributed by atoms with Gasteiger partial charge in [-0.3, -0.25) is 9.59 Å². The zero-order chi connectivity index (χ0) is 17.9. The summed E-state index contributed by atoms with van der Waals surface area (Å²) < 4.78 is 5.35. The molecule has 2 aromatic rings. The summed E-state index contributed by atoms with van der Waals surface area (Å²) >= 11 is 0. The molecule has 1 amide bonds. The van der Waals surface area contributed by atoms with Crippen LogP contribution >= 0.6 is 0 Å². The smallest absolute Gasteiger partial charge is 0.223 e. The van der Waals surface area contributed by atoms with Gasteiger partial charge in [-0.05, 0) is 29.7 Å². The van der Waals surface area contributed by atoms with Crippen LogP contribution in [-0.2, 0) is 20.7 Å². The van der Waals surface area contributed by atoms with Crippen LogP contribution in [0.1, 0.15) is 32.3 Å². The zero-order valence-electron chi connectivity index (χ0n) is 14.9. The predicted octanol–water partition coefficient (Wildman–Crippen LogP) is 3.27. The highest BCUT2D eigenvalue weighted by molar-refractivity contribution is 5.92. The van der Waals surface area contributed by atoms with E-state index in [0.717, 1.165) is 5.56 Å². The summed E-state index contributed by atoms with van der Waals surface area (Å²) in [5, 5.41) is 5.39. The van der Waals surface area contributed by atoms with Crippen LogP contribution in [0, 0.1) is 5.92 Å². The molecule has 0 aromatic heterocycles. The van der Waals surface area contributed by atoms with Crippen molar-refractivity contribution in [2.24, 2.45) is 5.92 Å². The van der Waals surface area contributed by atoms with E-state index in [0.29, 0.717) is 32.5 Å². The maximum atomic E-state index is 12.7. The van der Waals surface area contributed by atoms with Gasteiger partial charge in [-0.1, -0.05) is 49.4 Å². The van der Waals surface area contributed by atoms with Crippen molar-refractivity contribution in [3.8, 4) is 0 Å². The Morgan fingerprint density at radius 3 is 2.48 bits per heavy atom. The molecular weight excluding hydrogens is 314 g/mol. The van der Waals surface area contributed by atoms with E-state index >= 15 is 0 Å². The number of nitrogens with one attached hydrogen (secondary N) is 1. The van der Waals surface area contributed by atoms with E-state index in [-0.39, 0.29) is 17.6 Å².